The second-order valence-corrected chi connectivity index (χ2v) is 3.38. The Morgan fingerprint density at radius 2 is 2.19 bits per heavy atom. The van der Waals surface area contributed by atoms with Crippen molar-refractivity contribution in [2.45, 2.75) is 18.9 Å². The minimum Gasteiger partial charge on any atom is -0.480 e. The molecule has 6 nitrogen and oxygen atoms in total. The maximum atomic E-state index is 11.4. The minimum absolute atomic E-state index is 0.509. The van der Waals surface area contributed by atoms with E-state index in [9.17, 15) is 9.59 Å². The van der Waals surface area contributed by atoms with E-state index in [1.165, 1.54) is 4.90 Å². The Labute approximate surface area is 94.6 Å². The smallest absolute Gasteiger partial charge is 0.328 e. The second-order valence-electron chi connectivity index (χ2n) is 3.38. The van der Waals surface area contributed by atoms with E-state index in [0.717, 1.165) is 12.8 Å². The number of carbonyl (C=O) groups is 2. The highest BCUT2D eigenvalue weighted by molar-refractivity contribution is 5.82. The molecule has 0 aliphatic carbocycles. The topological polar surface area (TPSA) is 89.9 Å². The van der Waals surface area contributed by atoms with Gasteiger partial charge in [0.15, 0.2) is 6.04 Å². The molecule has 1 unspecified atom stereocenters. The van der Waals surface area contributed by atoms with Crippen LogP contribution in [-0.4, -0.2) is 53.4 Å². The maximum absolute atomic E-state index is 11.4. The molecule has 0 spiro atoms. The van der Waals surface area contributed by atoms with E-state index in [1.807, 2.05) is 0 Å². The van der Waals surface area contributed by atoms with Gasteiger partial charge in [-0.05, 0) is 12.8 Å². The van der Waals surface area contributed by atoms with Crippen molar-refractivity contribution in [3.05, 3.63) is 12.7 Å². The van der Waals surface area contributed by atoms with Crippen LogP contribution in [0.2, 0.25) is 0 Å². The molecule has 0 fully saturated rings. The number of urea groups is 1. The van der Waals surface area contributed by atoms with Crippen molar-refractivity contribution < 1.29 is 19.8 Å². The highest BCUT2D eigenvalue weighted by atomic mass is 16.4. The fourth-order valence-electron chi connectivity index (χ4n) is 1.02. The zero-order valence-electron chi connectivity index (χ0n) is 9.35. The van der Waals surface area contributed by atoms with E-state index in [0.29, 0.717) is 6.54 Å². The number of unbranched alkanes of at least 4 members (excludes halogenated alkanes) is 1. The van der Waals surface area contributed by atoms with E-state index in [-0.39, 0.29) is 0 Å². The molecule has 0 aliphatic heterocycles. The van der Waals surface area contributed by atoms with Gasteiger partial charge in [0.1, 0.15) is 0 Å². The van der Waals surface area contributed by atoms with E-state index < -0.39 is 24.6 Å². The van der Waals surface area contributed by atoms with Gasteiger partial charge in [0.2, 0.25) is 0 Å². The first-order valence-corrected chi connectivity index (χ1v) is 4.99. The highest BCUT2D eigenvalue weighted by Gasteiger charge is 2.20. The van der Waals surface area contributed by atoms with Crippen molar-refractivity contribution >= 4 is 12.0 Å². The van der Waals surface area contributed by atoms with Crippen LogP contribution in [0.5, 0.6) is 0 Å². The lowest BCUT2D eigenvalue weighted by Crippen LogP contribution is -2.48. The molecule has 0 aromatic heterocycles. The third kappa shape index (κ3) is 5.35. The summed E-state index contributed by atoms with van der Waals surface area (Å²) in [6.45, 7) is 3.44. The molecular formula is C10H18N2O4. The number of nitrogens with one attached hydrogen (secondary N) is 1. The number of amides is 2. The normalized spacial score (nSPS) is 11.6. The SMILES string of the molecule is C=CCCCN(C)C(=O)NC(CO)C(=O)O. The number of carbonyl (C=O) groups excluding carboxylic acids is 1. The average Bonchev–Trinajstić information content (AvgIpc) is 2.25. The van der Waals surface area contributed by atoms with Crippen LogP contribution in [0.15, 0.2) is 12.7 Å². The lowest BCUT2D eigenvalue weighted by atomic mass is 10.3. The number of allylic oxidation sites excluding steroid dienone is 1. The molecular weight excluding hydrogens is 212 g/mol. The zero-order chi connectivity index (χ0) is 12.6. The number of aliphatic carboxylic acids is 1. The zero-order valence-corrected chi connectivity index (χ0v) is 9.35. The van der Waals surface area contributed by atoms with Crippen LogP contribution in [-0.2, 0) is 4.79 Å². The van der Waals surface area contributed by atoms with E-state index >= 15 is 0 Å². The van der Waals surface area contributed by atoms with Crippen LogP contribution < -0.4 is 5.32 Å². The van der Waals surface area contributed by atoms with Gasteiger partial charge in [0, 0.05) is 13.6 Å². The van der Waals surface area contributed by atoms with Gasteiger partial charge in [0.25, 0.3) is 0 Å². The number of hydrogen-bond donors (Lipinski definition) is 3. The molecule has 0 aromatic carbocycles. The van der Waals surface area contributed by atoms with E-state index in [2.05, 4.69) is 11.9 Å². The predicted molar refractivity (Wildman–Crippen MR) is 59.1 cm³/mol. The molecule has 0 aromatic rings. The molecule has 2 amide bonds. The number of aliphatic hydroxyl groups excluding tert-OH is 1. The van der Waals surface area contributed by atoms with Crippen molar-refractivity contribution in [2.75, 3.05) is 20.2 Å². The van der Waals surface area contributed by atoms with Gasteiger partial charge in [-0.3, -0.25) is 0 Å². The van der Waals surface area contributed by atoms with Gasteiger partial charge in [-0.1, -0.05) is 6.08 Å². The fraction of sp³-hybridized carbons (Fsp3) is 0.600. The molecule has 0 heterocycles. The van der Waals surface area contributed by atoms with Gasteiger partial charge >= 0.3 is 12.0 Å². The van der Waals surface area contributed by atoms with Crippen LogP contribution in [0.3, 0.4) is 0 Å². The summed E-state index contributed by atoms with van der Waals surface area (Å²) in [5.74, 6) is -1.25. The van der Waals surface area contributed by atoms with Crippen LogP contribution in [0.1, 0.15) is 12.8 Å². The molecule has 1 atom stereocenters. The lowest BCUT2D eigenvalue weighted by molar-refractivity contribution is -0.140. The van der Waals surface area contributed by atoms with Crippen molar-refractivity contribution in [3.8, 4) is 0 Å². The number of aliphatic hydroxyl groups is 1. The van der Waals surface area contributed by atoms with Gasteiger partial charge in [-0.25, -0.2) is 9.59 Å². The molecule has 3 N–H and O–H groups in total. The summed E-state index contributed by atoms with van der Waals surface area (Å²) in [6, 6.07) is -1.76. The van der Waals surface area contributed by atoms with Crippen molar-refractivity contribution in [3.63, 3.8) is 0 Å². The fourth-order valence-corrected chi connectivity index (χ4v) is 1.02. The Bertz CT molecular complexity index is 255. The van der Waals surface area contributed by atoms with E-state index in [4.69, 9.17) is 10.2 Å². The van der Waals surface area contributed by atoms with Crippen LogP contribution >= 0.6 is 0 Å². The number of rotatable bonds is 7. The van der Waals surface area contributed by atoms with Crippen LogP contribution in [0, 0.1) is 0 Å². The summed E-state index contributed by atoms with van der Waals surface area (Å²) in [5.41, 5.74) is 0. The molecule has 6 heteroatoms. The number of nitrogens with zero attached hydrogens (tertiary/aromatic N) is 1. The number of carboxylic acids is 1. The number of hydrogen-bond acceptors (Lipinski definition) is 3. The summed E-state index contributed by atoms with van der Waals surface area (Å²) < 4.78 is 0. The predicted octanol–water partition coefficient (Wildman–Crippen LogP) is 0.0395. The summed E-state index contributed by atoms with van der Waals surface area (Å²) >= 11 is 0. The molecule has 92 valence electrons. The highest BCUT2D eigenvalue weighted by Crippen LogP contribution is 1.95. The van der Waals surface area contributed by atoms with E-state index in [1.54, 1.807) is 13.1 Å². The Balaban J connectivity index is 4.02. The Hall–Kier alpha value is -1.56. The first kappa shape index (κ1) is 14.4. The Kier molecular flexibility index (Phi) is 6.95. The minimum atomic E-state index is -1.26. The Morgan fingerprint density at radius 1 is 1.56 bits per heavy atom. The summed E-state index contributed by atoms with van der Waals surface area (Å²) in [5, 5.41) is 19.5. The molecule has 0 radical (unpaired) electrons. The third-order valence-corrected chi connectivity index (χ3v) is 2.03. The molecule has 0 bridgehead atoms. The lowest BCUT2D eigenvalue weighted by Gasteiger charge is -2.20. The van der Waals surface area contributed by atoms with Crippen molar-refractivity contribution in [1.29, 1.82) is 0 Å². The number of carboxylic acid groups (broad SMARTS) is 1. The quantitative estimate of drug-likeness (QED) is 0.425. The van der Waals surface area contributed by atoms with Crippen LogP contribution in [0.4, 0.5) is 4.79 Å². The summed E-state index contributed by atoms with van der Waals surface area (Å²) in [6.07, 6.45) is 3.31. The van der Waals surface area contributed by atoms with Crippen LogP contribution in [0.25, 0.3) is 0 Å². The van der Waals surface area contributed by atoms with Gasteiger partial charge < -0.3 is 20.4 Å². The Morgan fingerprint density at radius 3 is 2.62 bits per heavy atom. The molecule has 0 saturated carbocycles. The average molecular weight is 230 g/mol. The van der Waals surface area contributed by atoms with Crippen molar-refractivity contribution in [1.82, 2.24) is 10.2 Å². The first-order chi connectivity index (χ1) is 7.52. The van der Waals surface area contributed by atoms with Gasteiger partial charge in [-0.2, -0.15) is 0 Å². The monoisotopic (exact) mass is 230 g/mol. The molecule has 0 aliphatic rings. The van der Waals surface area contributed by atoms with Crippen molar-refractivity contribution in [2.24, 2.45) is 0 Å². The summed E-state index contributed by atoms with van der Waals surface area (Å²) in [7, 11) is 1.56. The molecule has 0 rings (SSSR count). The third-order valence-electron chi connectivity index (χ3n) is 2.03. The van der Waals surface area contributed by atoms with Gasteiger partial charge in [0.05, 0.1) is 6.61 Å². The van der Waals surface area contributed by atoms with Gasteiger partial charge in [-0.15, -0.1) is 6.58 Å². The standard InChI is InChI=1S/C10H18N2O4/c1-3-4-5-6-12(2)10(16)11-8(7-13)9(14)15/h3,8,13H,1,4-7H2,2H3,(H,11,16)(H,14,15). The molecule has 16 heavy (non-hydrogen) atoms. The maximum Gasteiger partial charge on any atom is 0.328 e. The molecule has 0 saturated heterocycles. The summed E-state index contributed by atoms with van der Waals surface area (Å²) in [4.78, 5) is 23.3. The first-order valence-electron chi connectivity index (χ1n) is 4.99. The largest absolute Gasteiger partial charge is 0.480 e. The second kappa shape index (κ2) is 7.70.